The van der Waals surface area contributed by atoms with Crippen LogP contribution in [0.5, 0.6) is 0 Å². The number of carbonyl (C=O) groups is 2. The van der Waals surface area contributed by atoms with Crippen molar-refractivity contribution in [2.24, 2.45) is 0 Å². The van der Waals surface area contributed by atoms with Gasteiger partial charge in [0, 0.05) is 6.61 Å². The molecule has 0 amide bonds. The highest BCUT2D eigenvalue weighted by atomic mass is 32.2. The molecule has 0 fully saturated rings. The van der Waals surface area contributed by atoms with E-state index in [0.29, 0.717) is 0 Å². The normalized spacial score (nSPS) is 13.1. The molecule has 94 valence electrons. The van der Waals surface area contributed by atoms with Crippen LogP contribution in [0.1, 0.15) is 6.42 Å². The fraction of sp³-hybridized carbons (Fsp3) is 0.714. The molecular weight excluding hydrogens is 242 g/mol. The number of carboxylic acids is 1. The number of nitrogens with one attached hydrogen (secondary N) is 1. The maximum Gasteiger partial charge on any atom is 0.322 e. The average Bonchev–Trinajstić information content (AvgIpc) is 2.15. The van der Waals surface area contributed by atoms with Crippen molar-refractivity contribution in [3.8, 4) is 0 Å². The Morgan fingerprint density at radius 3 is 2.38 bits per heavy atom. The van der Waals surface area contributed by atoms with E-state index >= 15 is 0 Å². The molecule has 0 aromatic carbocycles. The first kappa shape index (κ1) is 14.8. The second kappa shape index (κ2) is 6.40. The summed E-state index contributed by atoms with van der Waals surface area (Å²) < 4.78 is 28.4. The van der Waals surface area contributed by atoms with Gasteiger partial charge in [-0.1, -0.05) is 0 Å². The standard InChI is InChI=1S/C7H13NO7S/c1-15-6(10)4-16(13,14)8-5(2-3-9)7(11)12/h5,8-9H,2-4H2,1H3,(H,11,12)/t5-/m1/s1. The van der Waals surface area contributed by atoms with Gasteiger partial charge in [-0.05, 0) is 6.42 Å². The summed E-state index contributed by atoms with van der Waals surface area (Å²) in [6, 6.07) is -1.46. The fourth-order valence-electron chi connectivity index (χ4n) is 0.834. The zero-order chi connectivity index (χ0) is 12.8. The van der Waals surface area contributed by atoms with Crippen molar-refractivity contribution in [2.75, 3.05) is 19.5 Å². The van der Waals surface area contributed by atoms with Gasteiger partial charge in [0.05, 0.1) is 7.11 Å². The van der Waals surface area contributed by atoms with Gasteiger partial charge in [0.25, 0.3) is 0 Å². The molecule has 0 radical (unpaired) electrons. The van der Waals surface area contributed by atoms with Crippen LogP contribution in [-0.2, 0) is 24.3 Å². The first-order chi connectivity index (χ1) is 7.32. The summed E-state index contributed by atoms with van der Waals surface area (Å²) in [5, 5.41) is 17.1. The topological polar surface area (TPSA) is 130 Å². The highest BCUT2D eigenvalue weighted by molar-refractivity contribution is 7.90. The molecule has 0 rings (SSSR count). The van der Waals surface area contributed by atoms with E-state index in [0.717, 1.165) is 7.11 Å². The molecule has 0 aliphatic carbocycles. The van der Waals surface area contributed by atoms with Crippen LogP contribution in [0.3, 0.4) is 0 Å². The van der Waals surface area contributed by atoms with Crippen molar-refractivity contribution in [1.29, 1.82) is 0 Å². The van der Waals surface area contributed by atoms with Gasteiger partial charge >= 0.3 is 11.9 Å². The predicted octanol–water partition coefficient (Wildman–Crippen LogP) is -2.09. The van der Waals surface area contributed by atoms with E-state index in [-0.39, 0.29) is 6.42 Å². The lowest BCUT2D eigenvalue weighted by Crippen LogP contribution is -2.43. The van der Waals surface area contributed by atoms with E-state index in [1.54, 1.807) is 4.72 Å². The van der Waals surface area contributed by atoms with Crippen LogP contribution in [-0.4, -0.2) is 56.1 Å². The third-order valence-electron chi connectivity index (χ3n) is 1.57. The van der Waals surface area contributed by atoms with Gasteiger partial charge in [-0.25, -0.2) is 13.1 Å². The summed E-state index contributed by atoms with van der Waals surface area (Å²) in [6.45, 7) is -0.488. The van der Waals surface area contributed by atoms with Gasteiger partial charge < -0.3 is 14.9 Å². The van der Waals surface area contributed by atoms with Crippen molar-refractivity contribution in [2.45, 2.75) is 12.5 Å². The van der Waals surface area contributed by atoms with Crippen LogP contribution < -0.4 is 4.72 Å². The van der Waals surface area contributed by atoms with E-state index in [9.17, 15) is 18.0 Å². The molecule has 0 heterocycles. The number of aliphatic hydroxyl groups is 1. The van der Waals surface area contributed by atoms with Crippen molar-refractivity contribution in [3.05, 3.63) is 0 Å². The summed E-state index contributed by atoms with van der Waals surface area (Å²) in [7, 11) is -3.06. The van der Waals surface area contributed by atoms with Gasteiger partial charge in [0.2, 0.25) is 10.0 Å². The molecule has 9 heteroatoms. The highest BCUT2D eigenvalue weighted by Crippen LogP contribution is 1.96. The average molecular weight is 255 g/mol. The van der Waals surface area contributed by atoms with E-state index in [1.807, 2.05) is 0 Å². The fourth-order valence-corrected chi connectivity index (χ4v) is 2.00. The minimum atomic E-state index is -4.08. The number of carbonyl (C=O) groups excluding carboxylic acids is 1. The molecule has 0 spiro atoms. The van der Waals surface area contributed by atoms with E-state index in [1.165, 1.54) is 0 Å². The zero-order valence-corrected chi connectivity index (χ0v) is 9.36. The molecule has 0 saturated carbocycles. The lowest BCUT2D eigenvalue weighted by molar-refractivity contribution is -0.140. The third kappa shape index (κ3) is 5.63. The lowest BCUT2D eigenvalue weighted by Gasteiger charge is -2.12. The maximum absolute atomic E-state index is 11.2. The summed E-state index contributed by atoms with van der Waals surface area (Å²) in [6.07, 6.45) is -0.282. The van der Waals surface area contributed by atoms with Gasteiger partial charge in [-0.15, -0.1) is 0 Å². The monoisotopic (exact) mass is 255 g/mol. The van der Waals surface area contributed by atoms with Crippen LogP contribution in [0.15, 0.2) is 0 Å². The molecule has 0 aliphatic rings. The number of aliphatic hydroxyl groups excluding tert-OH is 1. The molecule has 16 heavy (non-hydrogen) atoms. The molecule has 0 aromatic heterocycles. The second-order valence-corrected chi connectivity index (χ2v) is 4.61. The van der Waals surface area contributed by atoms with E-state index in [4.69, 9.17) is 10.2 Å². The van der Waals surface area contributed by atoms with Crippen LogP contribution >= 0.6 is 0 Å². The summed E-state index contributed by atoms with van der Waals surface area (Å²) in [5.41, 5.74) is 0. The smallest absolute Gasteiger partial charge is 0.322 e. The first-order valence-electron chi connectivity index (χ1n) is 4.23. The Morgan fingerprint density at radius 2 is 2.00 bits per heavy atom. The molecule has 8 nitrogen and oxygen atoms in total. The number of hydrogen-bond acceptors (Lipinski definition) is 6. The zero-order valence-electron chi connectivity index (χ0n) is 8.54. The Labute approximate surface area is 92.3 Å². The van der Waals surface area contributed by atoms with E-state index < -0.39 is 40.4 Å². The SMILES string of the molecule is COC(=O)CS(=O)(=O)N[C@H](CCO)C(=O)O. The van der Waals surface area contributed by atoms with Crippen LogP contribution in [0.4, 0.5) is 0 Å². The largest absolute Gasteiger partial charge is 0.480 e. The van der Waals surface area contributed by atoms with E-state index in [2.05, 4.69) is 4.74 Å². The third-order valence-corrected chi connectivity index (χ3v) is 2.83. The van der Waals surface area contributed by atoms with Crippen LogP contribution in [0, 0.1) is 0 Å². The Hall–Kier alpha value is -1.19. The highest BCUT2D eigenvalue weighted by Gasteiger charge is 2.25. The van der Waals surface area contributed by atoms with Crippen molar-refractivity contribution < 1.29 is 33.0 Å². The van der Waals surface area contributed by atoms with Crippen molar-refractivity contribution >= 4 is 22.0 Å². The molecule has 0 aliphatic heterocycles. The maximum atomic E-state index is 11.2. The molecule has 0 unspecified atom stereocenters. The number of hydrogen-bond donors (Lipinski definition) is 3. The Kier molecular flexibility index (Phi) is 5.93. The van der Waals surface area contributed by atoms with Crippen LogP contribution in [0.2, 0.25) is 0 Å². The summed E-state index contributed by atoms with van der Waals surface area (Å²) >= 11 is 0. The molecule has 1 atom stereocenters. The number of methoxy groups -OCH3 is 1. The quantitative estimate of drug-likeness (QED) is 0.445. The number of aliphatic carboxylic acids is 1. The number of esters is 1. The minimum Gasteiger partial charge on any atom is -0.480 e. The number of ether oxygens (including phenoxy) is 1. The van der Waals surface area contributed by atoms with Gasteiger partial charge in [0.1, 0.15) is 6.04 Å². The van der Waals surface area contributed by atoms with Gasteiger partial charge in [-0.2, -0.15) is 0 Å². The second-order valence-electron chi connectivity index (χ2n) is 2.86. The number of rotatable bonds is 7. The van der Waals surface area contributed by atoms with Crippen molar-refractivity contribution in [3.63, 3.8) is 0 Å². The molecular formula is C7H13NO7S. The first-order valence-corrected chi connectivity index (χ1v) is 5.88. The number of carboxylic acid groups (broad SMARTS) is 1. The molecule has 0 aromatic rings. The van der Waals surface area contributed by atoms with Gasteiger partial charge in [-0.3, -0.25) is 9.59 Å². The lowest BCUT2D eigenvalue weighted by atomic mass is 10.2. The predicted molar refractivity (Wildman–Crippen MR) is 52.1 cm³/mol. The molecule has 3 N–H and O–H groups in total. The molecule has 0 saturated heterocycles. The summed E-state index contributed by atoms with van der Waals surface area (Å²) in [4.78, 5) is 21.3. The minimum absolute atomic E-state index is 0.282. The number of sulfonamides is 1. The van der Waals surface area contributed by atoms with Crippen LogP contribution in [0.25, 0.3) is 0 Å². The van der Waals surface area contributed by atoms with Gasteiger partial charge in [0.15, 0.2) is 5.75 Å². The Balaban J connectivity index is 4.54. The molecule has 0 bridgehead atoms. The Bertz CT molecular complexity index is 350. The summed E-state index contributed by atoms with van der Waals surface area (Å²) in [5.74, 6) is -3.39. The van der Waals surface area contributed by atoms with Crippen molar-refractivity contribution in [1.82, 2.24) is 4.72 Å². The Morgan fingerprint density at radius 1 is 1.44 bits per heavy atom.